The van der Waals surface area contributed by atoms with Crippen molar-refractivity contribution in [3.8, 4) is 0 Å². The summed E-state index contributed by atoms with van der Waals surface area (Å²) >= 11 is 0. The Morgan fingerprint density at radius 3 is 2.67 bits per heavy atom. The minimum absolute atomic E-state index is 0.0718. The highest BCUT2D eigenvalue weighted by molar-refractivity contribution is 5.78. The number of rotatable bonds is 2. The lowest BCUT2D eigenvalue weighted by molar-refractivity contribution is -0.629. The minimum atomic E-state index is -1.36. The Morgan fingerprint density at radius 2 is 2.00 bits per heavy atom. The van der Waals surface area contributed by atoms with Gasteiger partial charge in [-0.25, -0.2) is 10.2 Å². The number of para-hydroxylation sites is 2. The Morgan fingerprint density at radius 1 is 1.33 bits per heavy atom. The van der Waals surface area contributed by atoms with Crippen LogP contribution in [0.4, 0.5) is 4.79 Å². The average Bonchev–Trinajstić information content (AvgIpc) is 2.35. The van der Waals surface area contributed by atoms with E-state index in [4.69, 9.17) is 5.11 Å². The van der Waals surface area contributed by atoms with E-state index in [1.54, 1.807) is 17.6 Å². The maximum absolute atomic E-state index is 11.9. The standard InChI is InChI=1S/C10H8N4O4/c15-10(16)12-11-5-7-6-13(17)8-3-1-2-4-9(8)14(7)18/h1-6,12H,(H,15,16). The average molecular weight is 248 g/mol. The van der Waals surface area contributed by atoms with E-state index in [0.717, 1.165) is 12.4 Å². The lowest BCUT2D eigenvalue weighted by Crippen LogP contribution is -2.41. The van der Waals surface area contributed by atoms with Crippen LogP contribution in [0.5, 0.6) is 0 Å². The smallest absolute Gasteiger partial charge is 0.425 e. The van der Waals surface area contributed by atoms with E-state index in [0.29, 0.717) is 9.46 Å². The minimum Gasteiger partial charge on any atom is -0.618 e. The van der Waals surface area contributed by atoms with Gasteiger partial charge in [0.15, 0.2) is 0 Å². The summed E-state index contributed by atoms with van der Waals surface area (Å²) in [5.74, 6) is 0. The first-order valence-corrected chi connectivity index (χ1v) is 4.86. The number of carboxylic acid groups (broad SMARTS) is 1. The lowest BCUT2D eigenvalue weighted by Gasteiger charge is -2.04. The number of nitrogens with one attached hydrogen (secondary N) is 1. The second kappa shape index (κ2) is 4.53. The second-order valence-electron chi connectivity index (χ2n) is 3.34. The molecule has 0 saturated heterocycles. The van der Waals surface area contributed by atoms with Crippen molar-refractivity contribution >= 4 is 23.3 Å². The summed E-state index contributed by atoms with van der Waals surface area (Å²) in [4.78, 5) is 10.2. The number of hydrazone groups is 1. The van der Waals surface area contributed by atoms with Crippen molar-refractivity contribution in [1.29, 1.82) is 0 Å². The molecule has 1 amide bonds. The van der Waals surface area contributed by atoms with Crippen molar-refractivity contribution < 1.29 is 19.4 Å². The van der Waals surface area contributed by atoms with Crippen LogP contribution < -0.4 is 14.9 Å². The third-order valence-corrected chi connectivity index (χ3v) is 2.18. The van der Waals surface area contributed by atoms with Crippen molar-refractivity contribution in [1.82, 2.24) is 5.43 Å². The van der Waals surface area contributed by atoms with Gasteiger partial charge in [0.1, 0.15) is 6.21 Å². The first kappa shape index (κ1) is 11.6. The molecule has 0 unspecified atom stereocenters. The van der Waals surface area contributed by atoms with Gasteiger partial charge in [-0.15, -0.1) is 0 Å². The maximum atomic E-state index is 11.9. The molecule has 0 atom stereocenters. The van der Waals surface area contributed by atoms with Crippen LogP contribution in [0.15, 0.2) is 35.6 Å². The number of carbonyl (C=O) groups is 1. The predicted octanol–water partition coefficient (Wildman–Crippen LogP) is -0.292. The van der Waals surface area contributed by atoms with E-state index in [2.05, 4.69) is 5.10 Å². The van der Waals surface area contributed by atoms with Crippen LogP contribution in [-0.4, -0.2) is 17.4 Å². The van der Waals surface area contributed by atoms with E-state index >= 15 is 0 Å². The van der Waals surface area contributed by atoms with Gasteiger partial charge in [-0.3, -0.25) is 0 Å². The number of aromatic nitrogens is 2. The molecule has 0 aliphatic heterocycles. The number of hydrogen-bond donors (Lipinski definition) is 2. The van der Waals surface area contributed by atoms with Gasteiger partial charge in [-0.1, -0.05) is 12.1 Å². The molecule has 0 bridgehead atoms. The van der Waals surface area contributed by atoms with Crippen molar-refractivity contribution in [3.63, 3.8) is 0 Å². The summed E-state index contributed by atoms with van der Waals surface area (Å²) in [5, 5.41) is 35.1. The molecule has 1 aromatic carbocycles. The third kappa shape index (κ3) is 2.12. The molecular weight excluding hydrogens is 240 g/mol. The first-order valence-electron chi connectivity index (χ1n) is 4.86. The number of amides is 1. The number of hydrogen-bond acceptors (Lipinski definition) is 4. The maximum Gasteiger partial charge on any atom is 0.425 e. The Balaban J connectivity index is 2.49. The van der Waals surface area contributed by atoms with E-state index in [1.807, 2.05) is 0 Å². The van der Waals surface area contributed by atoms with Gasteiger partial charge < -0.3 is 15.5 Å². The van der Waals surface area contributed by atoms with Gasteiger partial charge in [0.05, 0.1) is 0 Å². The van der Waals surface area contributed by atoms with Gasteiger partial charge in [0, 0.05) is 12.1 Å². The van der Waals surface area contributed by atoms with Crippen LogP contribution in [0.1, 0.15) is 5.69 Å². The fourth-order valence-corrected chi connectivity index (χ4v) is 1.44. The molecule has 2 N–H and O–H groups in total. The first-order chi connectivity index (χ1) is 8.59. The topological polar surface area (TPSA) is 116 Å². The second-order valence-corrected chi connectivity index (χ2v) is 3.34. The van der Waals surface area contributed by atoms with Gasteiger partial charge in [-0.05, 0) is 0 Å². The molecule has 18 heavy (non-hydrogen) atoms. The van der Waals surface area contributed by atoms with E-state index in [1.165, 1.54) is 12.1 Å². The van der Waals surface area contributed by atoms with Crippen LogP contribution in [0.25, 0.3) is 11.0 Å². The molecule has 8 nitrogen and oxygen atoms in total. The summed E-state index contributed by atoms with van der Waals surface area (Å²) in [6.07, 6.45) is 0.615. The fraction of sp³-hybridized carbons (Fsp3) is 0. The molecular formula is C10H8N4O4. The molecule has 1 heterocycles. The lowest BCUT2D eigenvalue weighted by atomic mass is 10.3. The van der Waals surface area contributed by atoms with Gasteiger partial charge in [-0.2, -0.15) is 14.6 Å². The molecule has 0 aliphatic rings. The zero-order valence-electron chi connectivity index (χ0n) is 8.98. The molecule has 0 aliphatic carbocycles. The molecule has 2 aromatic rings. The van der Waals surface area contributed by atoms with Crippen molar-refractivity contribution in [2.45, 2.75) is 0 Å². The van der Waals surface area contributed by atoms with Crippen LogP contribution in [0.2, 0.25) is 0 Å². The Labute approximate surface area is 101 Å². The third-order valence-electron chi connectivity index (χ3n) is 2.18. The van der Waals surface area contributed by atoms with Crippen molar-refractivity contribution in [3.05, 3.63) is 46.6 Å². The molecule has 8 heteroatoms. The molecule has 0 saturated carbocycles. The van der Waals surface area contributed by atoms with E-state index in [-0.39, 0.29) is 16.7 Å². The number of nitrogens with zero attached hydrogens (tertiary/aromatic N) is 3. The highest BCUT2D eigenvalue weighted by atomic mass is 16.5. The van der Waals surface area contributed by atoms with Gasteiger partial charge >= 0.3 is 11.8 Å². The highest BCUT2D eigenvalue weighted by Gasteiger charge is 2.17. The Hall–Kier alpha value is -2.90. The van der Waals surface area contributed by atoms with Crippen molar-refractivity contribution in [2.75, 3.05) is 0 Å². The molecule has 92 valence electrons. The monoisotopic (exact) mass is 248 g/mol. The van der Waals surface area contributed by atoms with Gasteiger partial charge in [0.2, 0.25) is 0 Å². The summed E-state index contributed by atoms with van der Waals surface area (Å²) in [7, 11) is 0. The predicted molar refractivity (Wildman–Crippen MR) is 60.6 cm³/mol. The molecule has 0 fully saturated rings. The fourth-order valence-electron chi connectivity index (χ4n) is 1.44. The van der Waals surface area contributed by atoms with E-state index < -0.39 is 6.09 Å². The quantitative estimate of drug-likeness (QED) is 0.328. The Bertz CT molecular complexity index is 641. The normalized spacial score (nSPS) is 10.9. The zero-order chi connectivity index (χ0) is 13.1. The summed E-state index contributed by atoms with van der Waals surface area (Å²) in [5.41, 5.74) is 2.03. The number of fused-ring (bicyclic) bond motifs is 1. The molecule has 0 spiro atoms. The summed E-state index contributed by atoms with van der Waals surface area (Å²) in [6, 6.07) is 6.25. The highest BCUT2D eigenvalue weighted by Crippen LogP contribution is 2.03. The zero-order valence-corrected chi connectivity index (χ0v) is 8.98. The largest absolute Gasteiger partial charge is 0.618 e. The molecule has 1 aromatic heterocycles. The number of benzene rings is 1. The van der Waals surface area contributed by atoms with Crippen molar-refractivity contribution in [2.24, 2.45) is 5.10 Å². The Kier molecular flexibility index (Phi) is 2.92. The van der Waals surface area contributed by atoms with Crippen LogP contribution in [-0.2, 0) is 0 Å². The SMILES string of the molecule is O=C(O)NN=Cc1c[n+]([O-])c2ccccc2[n+]1[O-]. The summed E-state index contributed by atoms with van der Waals surface area (Å²) in [6.45, 7) is 0. The van der Waals surface area contributed by atoms with E-state index in [9.17, 15) is 15.2 Å². The van der Waals surface area contributed by atoms with Gasteiger partial charge in [0.25, 0.3) is 17.2 Å². The van der Waals surface area contributed by atoms with Crippen LogP contribution in [0.3, 0.4) is 0 Å². The van der Waals surface area contributed by atoms with Crippen LogP contribution in [0, 0.1) is 10.4 Å². The molecule has 0 radical (unpaired) electrons. The van der Waals surface area contributed by atoms with Crippen LogP contribution >= 0.6 is 0 Å². The molecule has 2 rings (SSSR count). The summed E-state index contributed by atoms with van der Waals surface area (Å²) < 4.78 is 1.02.